The number of carbonyl (C=O) groups excluding carboxylic acids is 2. The first-order chi connectivity index (χ1) is 14.5. The molecule has 0 bridgehead atoms. The fourth-order valence-electron chi connectivity index (χ4n) is 5.20. The SMILES string of the molecule is C/C=C/CN1CC(c2ccc(C(=O)N3CCOCC3)c(C)c2)C2CC(C)NC2C1=O. The molecular weight excluding hydrogens is 378 g/mol. The summed E-state index contributed by atoms with van der Waals surface area (Å²) in [6, 6.07) is 6.49. The Labute approximate surface area is 179 Å². The quantitative estimate of drug-likeness (QED) is 0.773. The molecule has 1 aromatic rings. The van der Waals surface area contributed by atoms with Crippen LogP contribution in [0, 0.1) is 12.8 Å². The second kappa shape index (κ2) is 8.90. The molecule has 4 unspecified atom stereocenters. The number of carbonyl (C=O) groups is 2. The Morgan fingerprint density at radius 3 is 2.77 bits per heavy atom. The highest BCUT2D eigenvalue weighted by Gasteiger charge is 2.47. The van der Waals surface area contributed by atoms with E-state index >= 15 is 0 Å². The number of likely N-dealkylation sites (tertiary alicyclic amines) is 1. The van der Waals surface area contributed by atoms with Crippen molar-refractivity contribution in [2.75, 3.05) is 39.4 Å². The molecule has 1 N–H and O–H groups in total. The molecule has 0 aromatic heterocycles. The maximum absolute atomic E-state index is 13.0. The Kier molecular flexibility index (Phi) is 6.25. The zero-order valence-electron chi connectivity index (χ0n) is 18.3. The van der Waals surface area contributed by atoms with Crippen molar-refractivity contribution in [1.82, 2.24) is 15.1 Å². The van der Waals surface area contributed by atoms with Crippen LogP contribution in [0.5, 0.6) is 0 Å². The van der Waals surface area contributed by atoms with Crippen LogP contribution in [0.1, 0.15) is 47.7 Å². The molecule has 0 saturated carbocycles. The van der Waals surface area contributed by atoms with Crippen molar-refractivity contribution in [2.24, 2.45) is 5.92 Å². The molecule has 4 atom stereocenters. The van der Waals surface area contributed by atoms with Crippen molar-refractivity contribution in [3.8, 4) is 0 Å². The molecule has 0 radical (unpaired) electrons. The second-order valence-corrected chi connectivity index (χ2v) is 8.84. The average Bonchev–Trinajstić information content (AvgIpc) is 3.15. The summed E-state index contributed by atoms with van der Waals surface area (Å²) in [5.74, 6) is 0.885. The molecule has 6 nitrogen and oxygen atoms in total. The number of nitrogens with one attached hydrogen (secondary N) is 1. The van der Waals surface area contributed by atoms with Gasteiger partial charge in [-0.25, -0.2) is 0 Å². The third-order valence-electron chi connectivity index (χ3n) is 6.80. The number of rotatable bonds is 4. The Morgan fingerprint density at radius 1 is 1.30 bits per heavy atom. The van der Waals surface area contributed by atoms with Gasteiger partial charge in [-0.3, -0.25) is 9.59 Å². The van der Waals surface area contributed by atoms with Gasteiger partial charge < -0.3 is 19.9 Å². The standard InChI is InChI=1S/C24H33N3O3/c1-4-5-8-27-15-21(20-14-17(3)25-22(20)24(27)29)18-6-7-19(16(2)13-18)23(28)26-9-11-30-12-10-26/h4-7,13,17,20-22,25H,8-12,14-15H2,1-3H3/b5-4+. The van der Waals surface area contributed by atoms with Crippen LogP contribution in [0.3, 0.4) is 0 Å². The van der Waals surface area contributed by atoms with Gasteiger partial charge in [-0.15, -0.1) is 0 Å². The summed E-state index contributed by atoms with van der Waals surface area (Å²) in [5.41, 5.74) is 3.01. The zero-order valence-corrected chi connectivity index (χ0v) is 18.3. The second-order valence-electron chi connectivity index (χ2n) is 8.84. The lowest BCUT2D eigenvalue weighted by Crippen LogP contribution is -2.54. The largest absolute Gasteiger partial charge is 0.378 e. The van der Waals surface area contributed by atoms with Gasteiger partial charge in [-0.05, 0) is 50.3 Å². The van der Waals surface area contributed by atoms with Gasteiger partial charge in [0.15, 0.2) is 0 Å². The van der Waals surface area contributed by atoms with E-state index in [1.165, 1.54) is 5.56 Å². The van der Waals surface area contributed by atoms with Crippen molar-refractivity contribution in [2.45, 2.75) is 45.2 Å². The first kappa shape index (κ1) is 21.1. The fourth-order valence-corrected chi connectivity index (χ4v) is 5.20. The normalized spacial score (nSPS) is 29.5. The Hall–Kier alpha value is -2.18. The summed E-state index contributed by atoms with van der Waals surface area (Å²) in [5, 5.41) is 3.51. The lowest BCUT2D eigenvalue weighted by molar-refractivity contribution is -0.137. The number of morpholine rings is 1. The number of nitrogens with zero attached hydrogens (tertiary/aromatic N) is 2. The molecule has 3 heterocycles. The smallest absolute Gasteiger partial charge is 0.254 e. The number of fused-ring (bicyclic) bond motifs is 1. The van der Waals surface area contributed by atoms with E-state index in [1.54, 1.807) is 0 Å². The topological polar surface area (TPSA) is 61.9 Å². The van der Waals surface area contributed by atoms with E-state index in [9.17, 15) is 9.59 Å². The lowest BCUT2D eigenvalue weighted by Gasteiger charge is -2.40. The summed E-state index contributed by atoms with van der Waals surface area (Å²) in [4.78, 5) is 29.8. The molecule has 0 aliphatic carbocycles. The van der Waals surface area contributed by atoms with Crippen LogP contribution in [0.4, 0.5) is 0 Å². The van der Waals surface area contributed by atoms with Crippen molar-refractivity contribution >= 4 is 11.8 Å². The number of allylic oxidation sites excluding steroid dienone is 1. The van der Waals surface area contributed by atoms with Crippen LogP contribution < -0.4 is 5.32 Å². The first-order valence-electron chi connectivity index (χ1n) is 11.1. The van der Waals surface area contributed by atoms with E-state index in [-0.39, 0.29) is 23.8 Å². The minimum Gasteiger partial charge on any atom is -0.378 e. The number of aryl methyl sites for hydroxylation is 1. The van der Waals surface area contributed by atoms with Crippen LogP contribution in [0.25, 0.3) is 0 Å². The number of hydrogen-bond donors (Lipinski definition) is 1. The summed E-state index contributed by atoms with van der Waals surface area (Å²) < 4.78 is 5.37. The third kappa shape index (κ3) is 4.03. The molecule has 30 heavy (non-hydrogen) atoms. The van der Waals surface area contributed by atoms with Gasteiger partial charge in [0.25, 0.3) is 5.91 Å². The molecule has 3 aliphatic heterocycles. The average molecular weight is 412 g/mol. The van der Waals surface area contributed by atoms with Gasteiger partial charge in [0.05, 0.1) is 19.3 Å². The highest BCUT2D eigenvalue weighted by Crippen LogP contribution is 2.40. The van der Waals surface area contributed by atoms with Crippen molar-refractivity contribution < 1.29 is 14.3 Å². The van der Waals surface area contributed by atoms with Crippen LogP contribution in [-0.2, 0) is 9.53 Å². The van der Waals surface area contributed by atoms with E-state index < -0.39 is 0 Å². The van der Waals surface area contributed by atoms with E-state index in [0.29, 0.717) is 44.8 Å². The number of benzene rings is 1. The number of hydrogen-bond acceptors (Lipinski definition) is 4. The lowest BCUT2D eigenvalue weighted by atomic mass is 9.76. The highest BCUT2D eigenvalue weighted by atomic mass is 16.5. The predicted octanol–water partition coefficient (Wildman–Crippen LogP) is 2.34. The predicted molar refractivity (Wildman–Crippen MR) is 117 cm³/mol. The molecule has 1 aromatic carbocycles. The zero-order chi connectivity index (χ0) is 21.3. The summed E-state index contributed by atoms with van der Waals surface area (Å²) in [6.07, 6.45) is 5.05. The van der Waals surface area contributed by atoms with Crippen molar-refractivity contribution in [1.29, 1.82) is 0 Å². The maximum atomic E-state index is 13.0. The molecule has 2 amide bonds. The van der Waals surface area contributed by atoms with E-state index in [0.717, 1.165) is 24.1 Å². The maximum Gasteiger partial charge on any atom is 0.254 e. The van der Waals surface area contributed by atoms with Gasteiger partial charge in [0.2, 0.25) is 5.91 Å². The van der Waals surface area contributed by atoms with Gasteiger partial charge in [-0.2, -0.15) is 0 Å². The molecular formula is C24H33N3O3. The summed E-state index contributed by atoms with van der Waals surface area (Å²) >= 11 is 0. The van der Waals surface area contributed by atoms with E-state index in [4.69, 9.17) is 4.74 Å². The van der Waals surface area contributed by atoms with Gasteiger partial charge in [-0.1, -0.05) is 24.3 Å². The number of piperidine rings is 1. The minimum atomic E-state index is -0.112. The Balaban J connectivity index is 1.59. The molecule has 0 spiro atoms. The molecule has 6 heteroatoms. The molecule has 3 saturated heterocycles. The van der Waals surface area contributed by atoms with E-state index in [1.807, 2.05) is 41.9 Å². The highest BCUT2D eigenvalue weighted by molar-refractivity contribution is 5.95. The molecule has 4 rings (SSSR count). The van der Waals surface area contributed by atoms with Gasteiger partial charge in [0.1, 0.15) is 0 Å². The number of ether oxygens (including phenoxy) is 1. The van der Waals surface area contributed by atoms with Crippen LogP contribution in [-0.4, -0.2) is 73.1 Å². The molecule has 162 valence electrons. The molecule has 3 fully saturated rings. The Bertz CT molecular complexity index is 831. The molecule has 3 aliphatic rings. The van der Waals surface area contributed by atoms with Crippen LogP contribution in [0.15, 0.2) is 30.4 Å². The summed E-state index contributed by atoms with van der Waals surface area (Å²) in [6.45, 7) is 10.1. The first-order valence-corrected chi connectivity index (χ1v) is 11.1. The van der Waals surface area contributed by atoms with Crippen molar-refractivity contribution in [3.05, 3.63) is 47.0 Å². The number of amides is 2. The fraction of sp³-hybridized carbons (Fsp3) is 0.583. The Morgan fingerprint density at radius 2 is 2.07 bits per heavy atom. The third-order valence-corrected chi connectivity index (χ3v) is 6.80. The van der Waals surface area contributed by atoms with E-state index in [2.05, 4.69) is 24.4 Å². The van der Waals surface area contributed by atoms with Gasteiger partial charge >= 0.3 is 0 Å². The van der Waals surface area contributed by atoms with Gasteiger partial charge in [0, 0.05) is 43.7 Å². The van der Waals surface area contributed by atoms with Crippen molar-refractivity contribution in [3.63, 3.8) is 0 Å². The van der Waals surface area contributed by atoms with Crippen LogP contribution in [0.2, 0.25) is 0 Å². The summed E-state index contributed by atoms with van der Waals surface area (Å²) in [7, 11) is 0. The monoisotopic (exact) mass is 411 g/mol. The minimum absolute atomic E-state index is 0.0879. The van der Waals surface area contributed by atoms with Crippen LogP contribution >= 0.6 is 0 Å².